The van der Waals surface area contributed by atoms with Crippen LogP contribution >= 0.6 is 0 Å². The standard InChI is InChI=1S/C13H13F3N2O3/c1-7-2-3-9(12(20)21)18(7)11(19)8-4-5-17-10(6-8)13(14,15)16/h4-7,9H,2-3H2,1H3,(H,20,21)/t7-,9-/m1/s1. The number of hydrogen-bond acceptors (Lipinski definition) is 3. The van der Waals surface area contributed by atoms with Crippen LogP contribution in [-0.2, 0) is 11.0 Å². The highest BCUT2D eigenvalue weighted by Gasteiger charge is 2.40. The van der Waals surface area contributed by atoms with Crippen LogP contribution in [0.2, 0.25) is 0 Å². The number of alkyl halides is 3. The first-order valence-electron chi connectivity index (χ1n) is 6.30. The summed E-state index contributed by atoms with van der Waals surface area (Å²) in [4.78, 5) is 27.8. The van der Waals surface area contributed by atoms with E-state index in [2.05, 4.69) is 4.98 Å². The summed E-state index contributed by atoms with van der Waals surface area (Å²) in [5, 5.41) is 9.09. The number of halogens is 3. The number of carbonyl (C=O) groups excluding carboxylic acids is 1. The Hall–Kier alpha value is -2.12. The molecule has 0 aromatic carbocycles. The Bertz CT molecular complexity index is 574. The first-order valence-corrected chi connectivity index (χ1v) is 6.30. The Labute approximate surface area is 118 Å². The molecule has 8 heteroatoms. The summed E-state index contributed by atoms with van der Waals surface area (Å²) in [5.74, 6) is -1.88. The molecule has 1 aliphatic heterocycles. The third-order valence-electron chi connectivity index (χ3n) is 3.49. The van der Waals surface area contributed by atoms with Gasteiger partial charge < -0.3 is 10.0 Å². The summed E-state index contributed by atoms with van der Waals surface area (Å²) in [6, 6.07) is 0.462. The molecule has 2 rings (SSSR count). The highest BCUT2D eigenvalue weighted by Crippen LogP contribution is 2.30. The largest absolute Gasteiger partial charge is 0.480 e. The quantitative estimate of drug-likeness (QED) is 0.909. The molecule has 0 unspecified atom stereocenters. The normalized spacial score (nSPS) is 22.4. The smallest absolute Gasteiger partial charge is 0.433 e. The van der Waals surface area contributed by atoms with Crippen molar-refractivity contribution in [2.45, 2.75) is 38.0 Å². The fraction of sp³-hybridized carbons (Fsp3) is 0.462. The van der Waals surface area contributed by atoms with Crippen molar-refractivity contribution >= 4 is 11.9 Å². The Morgan fingerprint density at radius 2 is 2.05 bits per heavy atom. The maximum Gasteiger partial charge on any atom is 0.433 e. The van der Waals surface area contributed by atoms with Crippen LogP contribution in [0.3, 0.4) is 0 Å². The Balaban J connectivity index is 2.33. The highest BCUT2D eigenvalue weighted by atomic mass is 19.4. The number of carbonyl (C=O) groups is 2. The summed E-state index contributed by atoms with van der Waals surface area (Å²) in [6.45, 7) is 1.67. The van der Waals surface area contributed by atoms with Gasteiger partial charge in [-0.1, -0.05) is 0 Å². The van der Waals surface area contributed by atoms with Gasteiger partial charge in [0, 0.05) is 17.8 Å². The first kappa shape index (κ1) is 15.3. The van der Waals surface area contributed by atoms with Gasteiger partial charge in [0.1, 0.15) is 11.7 Å². The van der Waals surface area contributed by atoms with Crippen LogP contribution in [0.15, 0.2) is 18.3 Å². The number of pyridine rings is 1. The zero-order chi connectivity index (χ0) is 15.8. The number of carboxylic acids is 1. The molecule has 5 nitrogen and oxygen atoms in total. The summed E-state index contributed by atoms with van der Waals surface area (Å²) >= 11 is 0. The Morgan fingerprint density at radius 1 is 1.38 bits per heavy atom. The number of carboxylic acid groups (broad SMARTS) is 1. The van der Waals surface area contributed by atoms with Gasteiger partial charge in [-0.15, -0.1) is 0 Å². The van der Waals surface area contributed by atoms with Gasteiger partial charge in [0.15, 0.2) is 0 Å². The van der Waals surface area contributed by atoms with E-state index in [1.807, 2.05) is 0 Å². The lowest BCUT2D eigenvalue weighted by Crippen LogP contribution is -2.44. The van der Waals surface area contributed by atoms with Crippen molar-refractivity contribution in [1.82, 2.24) is 9.88 Å². The molecule has 0 aliphatic carbocycles. The third-order valence-corrected chi connectivity index (χ3v) is 3.49. The predicted molar refractivity (Wildman–Crippen MR) is 65.5 cm³/mol. The van der Waals surface area contributed by atoms with Crippen LogP contribution < -0.4 is 0 Å². The number of aromatic nitrogens is 1. The van der Waals surface area contributed by atoms with Crippen LogP contribution in [-0.4, -0.2) is 39.0 Å². The van der Waals surface area contributed by atoms with Gasteiger partial charge >= 0.3 is 12.1 Å². The minimum absolute atomic E-state index is 0.211. The van der Waals surface area contributed by atoms with Crippen molar-refractivity contribution in [1.29, 1.82) is 0 Å². The van der Waals surface area contributed by atoms with Crippen LogP contribution in [0.4, 0.5) is 13.2 Å². The molecule has 2 atom stereocenters. The molecule has 0 saturated carbocycles. The van der Waals surface area contributed by atoms with E-state index in [4.69, 9.17) is 5.11 Å². The monoisotopic (exact) mass is 302 g/mol. The second-order valence-electron chi connectivity index (χ2n) is 4.92. The maximum absolute atomic E-state index is 12.6. The summed E-state index contributed by atoms with van der Waals surface area (Å²) < 4.78 is 37.8. The fourth-order valence-electron chi connectivity index (χ4n) is 2.44. The lowest BCUT2D eigenvalue weighted by molar-refractivity contribution is -0.142. The lowest BCUT2D eigenvalue weighted by Gasteiger charge is -2.26. The van der Waals surface area contributed by atoms with Crippen LogP contribution in [0.1, 0.15) is 35.8 Å². The van der Waals surface area contributed by atoms with Gasteiger partial charge in [-0.25, -0.2) is 4.79 Å². The molecule has 1 fully saturated rings. The molecule has 2 heterocycles. The SMILES string of the molecule is C[C@@H]1CC[C@H](C(=O)O)N1C(=O)c1ccnc(C(F)(F)F)c1. The molecule has 1 aromatic heterocycles. The number of likely N-dealkylation sites (tertiary alicyclic amines) is 1. The number of aliphatic carboxylic acids is 1. The Morgan fingerprint density at radius 3 is 2.62 bits per heavy atom. The fourth-order valence-corrected chi connectivity index (χ4v) is 2.44. The topological polar surface area (TPSA) is 70.5 Å². The van der Waals surface area contributed by atoms with Gasteiger partial charge in [-0.05, 0) is 31.9 Å². The van der Waals surface area contributed by atoms with Crippen molar-refractivity contribution in [2.75, 3.05) is 0 Å². The first-order chi connectivity index (χ1) is 9.71. The van der Waals surface area contributed by atoms with E-state index >= 15 is 0 Å². The molecule has 0 spiro atoms. The van der Waals surface area contributed by atoms with Gasteiger partial charge in [-0.3, -0.25) is 9.78 Å². The zero-order valence-electron chi connectivity index (χ0n) is 11.1. The third kappa shape index (κ3) is 2.98. The van der Waals surface area contributed by atoms with E-state index in [0.29, 0.717) is 18.9 Å². The van der Waals surface area contributed by atoms with Crippen LogP contribution in [0.25, 0.3) is 0 Å². The molecule has 0 bridgehead atoms. The average Bonchev–Trinajstić information content (AvgIpc) is 2.79. The molecular formula is C13H13F3N2O3. The molecule has 21 heavy (non-hydrogen) atoms. The van der Waals surface area contributed by atoms with Crippen molar-refractivity contribution in [3.63, 3.8) is 0 Å². The molecule has 0 radical (unpaired) electrons. The van der Waals surface area contributed by atoms with Gasteiger partial charge in [-0.2, -0.15) is 13.2 Å². The minimum atomic E-state index is -4.65. The summed E-state index contributed by atoms with van der Waals surface area (Å²) in [6.07, 6.45) is -2.97. The summed E-state index contributed by atoms with van der Waals surface area (Å²) in [7, 11) is 0. The van der Waals surface area contributed by atoms with Crippen molar-refractivity contribution in [3.8, 4) is 0 Å². The zero-order valence-corrected chi connectivity index (χ0v) is 11.1. The molecule has 1 aromatic rings. The summed E-state index contributed by atoms with van der Waals surface area (Å²) in [5.41, 5.74) is -1.38. The number of amides is 1. The van der Waals surface area contributed by atoms with Crippen molar-refractivity contribution in [3.05, 3.63) is 29.6 Å². The number of nitrogens with zero attached hydrogens (tertiary/aromatic N) is 2. The molecule has 1 N–H and O–H groups in total. The van der Waals surface area contributed by atoms with E-state index in [0.717, 1.165) is 17.2 Å². The van der Waals surface area contributed by atoms with Crippen LogP contribution in [0.5, 0.6) is 0 Å². The van der Waals surface area contributed by atoms with Crippen molar-refractivity contribution < 1.29 is 27.9 Å². The second-order valence-corrected chi connectivity index (χ2v) is 4.92. The van der Waals surface area contributed by atoms with E-state index in [1.54, 1.807) is 6.92 Å². The Kier molecular flexibility index (Phi) is 3.89. The highest BCUT2D eigenvalue weighted by molar-refractivity contribution is 5.97. The van der Waals surface area contributed by atoms with Gasteiger partial charge in [0.05, 0.1) is 0 Å². The van der Waals surface area contributed by atoms with E-state index < -0.39 is 29.8 Å². The molecular weight excluding hydrogens is 289 g/mol. The minimum Gasteiger partial charge on any atom is -0.480 e. The number of hydrogen-bond donors (Lipinski definition) is 1. The van der Waals surface area contributed by atoms with E-state index in [9.17, 15) is 22.8 Å². The van der Waals surface area contributed by atoms with Gasteiger partial charge in [0.25, 0.3) is 5.91 Å². The molecule has 1 saturated heterocycles. The average molecular weight is 302 g/mol. The molecule has 1 aliphatic rings. The lowest BCUT2D eigenvalue weighted by atomic mass is 10.1. The van der Waals surface area contributed by atoms with Crippen molar-refractivity contribution in [2.24, 2.45) is 0 Å². The second kappa shape index (κ2) is 5.34. The number of rotatable bonds is 2. The molecule has 1 amide bonds. The predicted octanol–water partition coefficient (Wildman–Crippen LogP) is 2.18. The van der Waals surface area contributed by atoms with Gasteiger partial charge in [0.2, 0.25) is 0 Å². The maximum atomic E-state index is 12.6. The van der Waals surface area contributed by atoms with E-state index in [-0.39, 0.29) is 11.6 Å². The van der Waals surface area contributed by atoms with E-state index in [1.165, 1.54) is 0 Å². The van der Waals surface area contributed by atoms with Crippen LogP contribution in [0, 0.1) is 0 Å². The molecule has 114 valence electrons.